The predicted molar refractivity (Wildman–Crippen MR) is 71.2 cm³/mol. The van der Waals surface area contributed by atoms with Crippen LogP contribution in [0.15, 0.2) is 18.5 Å². The van der Waals surface area contributed by atoms with Crippen LogP contribution < -0.4 is 5.73 Å². The van der Waals surface area contributed by atoms with Crippen LogP contribution in [0.3, 0.4) is 0 Å². The number of nitrogens with two attached hydrogens (primary N) is 1. The fourth-order valence-corrected chi connectivity index (χ4v) is 2.34. The molecule has 0 aliphatic carbocycles. The minimum Gasteiger partial charge on any atom is -0.397 e. The van der Waals surface area contributed by atoms with E-state index < -0.39 is 0 Å². The van der Waals surface area contributed by atoms with Crippen LogP contribution in [-0.2, 0) is 0 Å². The van der Waals surface area contributed by atoms with Gasteiger partial charge in [0, 0.05) is 31.4 Å². The molecule has 0 saturated carbocycles. The van der Waals surface area contributed by atoms with Crippen LogP contribution in [-0.4, -0.2) is 52.9 Å². The molecule has 18 heavy (non-hydrogen) atoms. The number of likely N-dealkylation sites (N-methyl/N-ethyl adjacent to an activating group) is 1. The van der Waals surface area contributed by atoms with Gasteiger partial charge in [0.15, 0.2) is 0 Å². The summed E-state index contributed by atoms with van der Waals surface area (Å²) in [4.78, 5) is 20.5. The maximum Gasteiger partial charge on any atom is 0.256 e. The highest BCUT2D eigenvalue weighted by Gasteiger charge is 2.30. The van der Waals surface area contributed by atoms with Gasteiger partial charge >= 0.3 is 0 Å². The Morgan fingerprint density at radius 2 is 2.00 bits per heavy atom. The van der Waals surface area contributed by atoms with Gasteiger partial charge in [0.25, 0.3) is 5.91 Å². The third kappa shape index (κ3) is 2.31. The Kier molecular flexibility index (Phi) is 3.52. The van der Waals surface area contributed by atoms with E-state index in [1.54, 1.807) is 12.3 Å². The molecular formula is C13H20N4O. The first-order valence-electron chi connectivity index (χ1n) is 6.21. The molecule has 2 N–H and O–H groups in total. The zero-order chi connectivity index (χ0) is 13.3. The van der Waals surface area contributed by atoms with E-state index in [0.717, 1.165) is 13.1 Å². The lowest BCUT2D eigenvalue weighted by atomic mass is 10.1. The summed E-state index contributed by atoms with van der Waals surface area (Å²) in [6, 6.07) is 2.41. The van der Waals surface area contributed by atoms with Crippen molar-refractivity contribution < 1.29 is 4.79 Å². The average molecular weight is 248 g/mol. The Bertz CT molecular complexity index is 436. The van der Waals surface area contributed by atoms with E-state index in [0.29, 0.717) is 23.3 Å². The van der Waals surface area contributed by atoms with Crippen molar-refractivity contribution in [3.8, 4) is 0 Å². The fourth-order valence-electron chi connectivity index (χ4n) is 2.34. The topological polar surface area (TPSA) is 62.5 Å². The number of piperazine rings is 1. The molecule has 1 aliphatic heterocycles. The highest BCUT2D eigenvalue weighted by Crippen LogP contribution is 2.18. The molecule has 0 bridgehead atoms. The molecule has 0 spiro atoms. The smallest absolute Gasteiger partial charge is 0.256 e. The maximum absolute atomic E-state index is 12.4. The third-order valence-electron chi connectivity index (χ3n) is 3.73. The standard InChI is InChI=1S/C13H20N4O/c1-9-7-17(8-10(2)16(9)3)13(18)11-4-5-15-6-12(11)14/h4-6,9-10H,7-8,14H2,1-3H3. The first kappa shape index (κ1) is 12.8. The van der Waals surface area contributed by atoms with Gasteiger partial charge in [-0.1, -0.05) is 0 Å². The molecule has 1 aromatic heterocycles. The van der Waals surface area contributed by atoms with E-state index in [1.165, 1.54) is 6.20 Å². The Hall–Kier alpha value is -1.62. The van der Waals surface area contributed by atoms with Crippen molar-refractivity contribution in [2.45, 2.75) is 25.9 Å². The molecule has 5 nitrogen and oxygen atoms in total. The van der Waals surface area contributed by atoms with Crippen LogP contribution in [0.1, 0.15) is 24.2 Å². The average Bonchev–Trinajstić information content (AvgIpc) is 2.35. The largest absolute Gasteiger partial charge is 0.397 e. The van der Waals surface area contributed by atoms with E-state index in [-0.39, 0.29) is 5.91 Å². The van der Waals surface area contributed by atoms with Crippen molar-refractivity contribution >= 4 is 11.6 Å². The fraction of sp³-hybridized carbons (Fsp3) is 0.538. The number of hydrogen-bond donors (Lipinski definition) is 1. The van der Waals surface area contributed by atoms with Crippen molar-refractivity contribution in [3.05, 3.63) is 24.0 Å². The number of hydrogen-bond acceptors (Lipinski definition) is 4. The summed E-state index contributed by atoms with van der Waals surface area (Å²) in [6.07, 6.45) is 3.13. The van der Waals surface area contributed by atoms with Gasteiger partial charge in [-0.15, -0.1) is 0 Å². The minimum atomic E-state index is 0.00157. The summed E-state index contributed by atoms with van der Waals surface area (Å²) in [6.45, 7) is 5.74. The van der Waals surface area contributed by atoms with Gasteiger partial charge in [-0.2, -0.15) is 0 Å². The lowest BCUT2D eigenvalue weighted by molar-refractivity contribution is 0.0415. The van der Waals surface area contributed by atoms with Crippen LogP contribution in [0.4, 0.5) is 5.69 Å². The SMILES string of the molecule is CC1CN(C(=O)c2ccncc2N)CC(C)N1C. The van der Waals surface area contributed by atoms with Gasteiger partial charge in [0.05, 0.1) is 17.4 Å². The van der Waals surface area contributed by atoms with Crippen LogP contribution in [0.5, 0.6) is 0 Å². The lowest BCUT2D eigenvalue weighted by Gasteiger charge is -2.42. The highest BCUT2D eigenvalue weighted by molar-refractivity contribution is 5.98. The lowest BCUT2D eigenvalue weighted by Crippen LogP contribution is -2.56. The molecule has 2 rings (SSSR count). The number of anilines is 1. The molecule has 1 aromatic rings. The zero-order valence-corrected chi connectivity index (χ0v) is 11.1. The molecule has 0 radical (unpaired) electrons. The van der Waals surface area contributed by atoms with Gasteiger partial charge in [-0.05, 0) is 27.0 Å². The Balaban J connectivity index is 2.18. The summed E-state index contributed by atoms with van der Waals surface area (Å²) in [7, 11) is 2.10. The van der Waals surface area contributed by atoms with Crippen LogP contribution in [0.2, 0.25) is 0 Å². The Labute approximate surface area is 108 Å². The van der Waals surface area contributed by atoms with Crippen molar-refractivity contribution in [1.29, 1.82) is 0 Å². The van der Waals surface area contributed by atoms with Crippen molar-refractivity contribution in [2.24, 2.45) is 0 Å². The van der Waals surface area contributed by atoms with E-state index in [4.69, 9.17) is 5.73 Å². The van der Waals surface area contributed by atoms with E-state index in [2.05, 4.69) is 30.8 Å². The van der Waals surface area contributed by atoms with Crippen LogP contribution in [0, 0.1) is 0 Å². The summed E-state index contributed by atoms with van der Waals surface area (Å²) in [5.74, 6) is 0.00157. The van der Waals surface area contributed by atoms with Crippen LogP contribution in [0.25, 0.3) is 0 Å². The van der Waals surface area contributed by atoms with Gasteiger partial charge in [-0.25, -0.2) is 0 Å². The molecule has 1 amide bonds. The van der Waals surface area contributed by atoms with Crippen molar-refractivity contribution in [2.75, 3.05) is 25.9 Å². The summed E-state index contributed by atoms with van der Waals surface area (Å²) < 4.78 is 0. The molecule has 2 atom stereocenters. The van der Waals surface area contributed by atoms with Gasteiger partial charge in [-0.3, -0.25) is 14.7 Å². The third-order valence-corrected chi connectivity index (χ3v) is 3.73. The monoisotopic (exact) mass is 248 g/mol. The molecule has 1 aliphatic rings. The maximum atomic E-state index is 12.4. The number of pyridine rings is 1. The summed E-state index contributed by atoms with van der Waals surface area (Å²) in [5, 5.41) is 0. The van der Waals surface area contributed by atoms with Crippen molar-refractivity contribution in [1.82, 2.24) is 14.8 Å². The number of aromatic nitrogens is 1. The second-order valence-electron chi connectivity index (χ2n) is 5.04. The normalized spacial score (nSPS) is 25.2. The predicted octanol–water partition coefficient (Wildman–Crippen LogP) is 0.828. The molecule has 2 heterocycles. The first-order chi connectivity index (χ1) is 8.50. The molecular weight excluding hydrogens is 228 g/mol. The minimum absolute atomic E-state index is 0.00157. The number of nitrogen functional groups attached to an aromatic ring is 1. The second-order valence-corrected chi connectivity index (χ2v) is 5.04. The van der Waals surface area contributed by atoms with E-state index in [9.17, 15) is 4.79 Å². The molecule has 5 heteroatoms. The van der Waals surface area contributed by atoms with E-state index in [1.807, 2.05) is 4.90 Å². The zero-order valence-electron chi connectivity index (χ0n) is 11.1. The number of nitrogens with zero attached hydrogens (tertiary/aromatic N) is 3. The second kappa shape index (κ2) is 4.94. The first-order valence-corrected chi connectivity index (χ1v) is 6.21. The number of carbonyl (C=O) groups is 1. The highest BCUT2D eigenvalue weighted by atomic mass is 16.2. The number of amides is 1. The molecule has 1 saturated heterocycles. The van der Waals surface area contributed by atoms with Gasteiger partial charge < -0.3 is 10.6 Å². The molecule has 0 aromatic carbocycles. The Morgan fingerprint density at radius 1 is 1.39 bits per heavy atom. The van der Waals surface area contributed by atoms with E-state index >= 15 is 0 Å². The van der Waals surface area contributed by atoms with Gasteiger partial charge in [0.1, 0.15) is 0 Å². The Morgan fingerprint density at radius 3 is 2.56 bits per heavy atom. The molecule has 98 valence electrons. The summed E-state index contributed by atoms with van der Waals surface area (Å²) >= 11 is 0. The number of carbonyl (C=O) groups excluding carboxylic acids is 1. The number of rotatable bonds is 1. The van der Waals surface area contributed by atoms with Crippen molar-refractivity contribution in [3.63, 3.8) is 0 Å². The quantitative estimate of drug-likeness (QED) is 0.799. The summed E-state index contributed by atoms with van der Waals surface area (Å²) in [5.41, 5.74) is 6.80. The van der Waals surface area contributed by atoms with Gasteiger partial charge in [0.2, 0.25) is 0 Å². The van der Waals surface area contributed by atoms with Crippen LogP contribution >= 0.6 is 0 Å². The molecule has 2 unspecified atom stereocenters. The molecule has 1 fully saturated rings.